The van der Waals surface area contributed by atoms with Gasteiger partial charge in [0.2, 0.25) is 0 Å². The molecule has 0 unspecified atom stereocenters. The van der Waals surface area contributed by atoms with Crippen LogP contribution < -0.4 is 5.69 Å². The molecular formula is C21H30ClN5O. The molecule has 0 atom stereocenters. The molecule has 0 aliphatic carbocycles. The van der Waals surface area contributed by atoms with Crippen molar-refractivity contribution in [3.05, 3.63) is 40.7 Å². The van der Waals surface area contributed by atoms with Crippen LogP contribution in [0.15, 0.2) is 29.5 Å². The molecule has 2 aromatic heterocycles. The molecule has 7 heteroatoms. The van der Waals surface area contributed by atoms with Crippen LogP contribution in [0.3, 0.4) is 0 Å². The molecule has 28 heavy (non-hydrogen) atoms. The van der Waals surface area contributed by atoms with Gasteiger partial charge in [-0.25, -0.2) is 9.78 Å². The average Bonchev–Trinajstić information content (AvgIpc) is 3.22. The molecule has 1 aliphatic heterocycles. The van der Waals surface area contributed by atoms with Crippen molar-refractivity contribution >= 4 is 23.4 Å². The lowest BCUT2D eigenvalue weighted by Crippen LogP contribution is -2.31. The highest BCUT2D eigenvalue weighted by Crippen LogP contribution is 2.28. The van der Waals surface area contributed by atoms with Gasteiger partial charge in [-0.1, -0.05) is 6.42 Å². The first-order valence-corrected chi connectivity index (χ1v) is 9.95. The third kappa shape index (κ3) is 3.76. The standard InChI is InChI=1S/C21H29N5O.ClH/c1-16-12-18-19(24(3)21(27)23(18)2)13-17(16)20-14-22-15-26(20)11-7-10-25-8-5-4-6-9-25;/h12-15H,4-11H2,1-3H3;1H. The molecule has 0 bridgehead atoms. The lowest BCUT2D eigenvalue weighted by molar-refractivity contribution is 0.223. The summed E-state index contributed by atoms with van der Waals surface area (Å²) in [4.78, 5) is 19.2. The van der Waals surface area contributed by atoms with E-state index < -0.39 is 0 Å². The Labute approximate surface area is 172 Å². The molecule has 1 aromatic carbocycles. The number of imidazole rings is 2. The van der Waals surface area contributed by atoms with Crippen molar-refractivity contribution in [3.63, 3.8) is 0 Å². The fraction of sp³-hybridized carbons (Fsp3) is 0.524. The van der Waals surface area contributed by atoms with E-state index in [1.165, 1.54) is 37.9 Å². The van der Waals surface area contributed by atoms with Crippen LogP contribution in [0.5, 0.6) is 0 Å². The molecule has 0 amide bonds. The molecule has 1 fully saturated rings. The van der Waals surface area contributed by atoms with Crippen LogP contribution in [0, 0.1) is 6.92 Å². The molecule has 6 nitrogen and oxygen atoms in total. The molecule has 1 aliphatic rings. The molecule has 0 saturated carbocycles. The number of nitrogens with zero attached hydrogens (tertiary/aromatic N) is 5. The van der Waals surface area contributed by atoms with E-state index >= 15 is 0 Å². The minimum atomic E-state index is 0. The molecule has 0 N–H and O–H groups in total. The number of hydrogen-bond acceptors (Lipinski definition) is 3. The number of likely N-dealkylation sites (tertiary alicyclic amines) is 1. The maximum absolute atomic E-state index is 12.3. The van der Waals surface area contributed by atoms with E-state index in [9.17, 15) is 4.79 Å². The Balaban J connectivity index is 0.00000225. The number of fused-ring (bicyclic) bond motifs is 1. The van der Waals surface area contributed by atoms with Crippen molar-refractivity contribution in [2.24, 2.45) is 14.1 Å². The van der Waals surface area contributed by atoms with E-state index in [0.29, 0.717) is 0 Å². The molecule has 152 valence electrons. The first-order chi connectivity index (χ1) is 13.1. The van der Waals surface area contributed by atoms with Gasteiger partial charge in [0.1, 0.15) is 0 Å². The Morgan fingerprint density at radius 2 is 1.68 bits per heavy atom. The number of rotatable bonds is 5. The first-order valence-electron chi connectivity index (χ1n) is 9.95. The Kier molecular flexibility index (Phi) is 6.30. The van der Waals surface area contributed by atoms with Crippen molar-refractivity contribution in [1.29, 1.82) is 0 Å². The van der Waals surface area contributed by atoms with E-state index in [2.05, 4.69) is 33.5 Å². The lowest BCUT2D eigenvalue weighted by atomic mass is 10.0. The third-order valence-electron chi connectivity index (χ3n) is 5.93. The molecule has 0 radical (unpaired) electrons. The van der Waals surface area contributed by atoms with Gasteiger partial charge in [0.25, 0.3) is 0 Å². The number of halogens is 1. The zero-order chi connectivity index (χ0) is 19.0. The maximum atomic E-state index is 12.3. The molecule has 4 rings (SSSR count). The van der Waals surface area contributed by atoms with Gasteiger partial charge in [-0.05, 0) is 63.5 Å². The summed E-state index contributed by atoms with van der Waals surface area (Å²) in [7, 11) is 3.66. The van der Waals surface area contributed by atoms with Gasteiger partial charge < -0.3 is 9.47 Å². The van der Waals surface area contributed by atoms with E-state index in [-0.39, 0.29) is 18.1 Å². The topological polar surface area (TPSA) is 48.0 Å². The largest absolute Gasteiger partial charge is 0.331 e. The molecule has 3 heterocycles. The summed E-state index contributed by atoms with van der Waals surface area (Å²) < 4.78 is 5.68. The highest BCUT2D eigenvalue weighted by molar-refractivity contribution is 5.85. The first kappa shape index (κ1) is 20.7. The number of benzene rings is 1. The summed E-state index contributed by atoms with van der Waals surface area (Å²) in [5, 5.41) is 0. The van der Waals surface area contributed by atoms with Crippen LogP contribution >= 0.6 is 12.4 Å². The van der Waals surface area contributed by atoms with Gasteiger partial charge in [-0.2, -0.15) is 0 Å². The van der Waals surface area contributed by atoms with Gasteiger partial charge in [-0.3, -0.25) is 9.13 Å². The van der Waals surface area contributed by atoms with E-state index in [0.717, 1.165) is 41.8 Å². The van der Waals surface area contributed by atoms with Gasteiger partial charge in [0.05, 0.1) is 29.3 Å². The quantitative estimate of drug-likeness (QED) is 0.656. The van der Waals surface area contributed by atoms with Crippen LogP contribution in [0.1, 0.15) is 31.2 Å². The van der Waals surface area contributed by atoms with Crippen LogP contribution in [0.2, 0.25) is 0 Å². The summed E-state index contributed by atoms with van der Waals surface area (Å²) in [5.41, 5.74) is 5.39. The fourth-order valence-corrected chi connectivity index (χ4v) is 4.30. The SMILES string of the molecule is Cc1cc2c(cc1-c1cncn1CCCN1CCCCC1)n(C)c(=O)n2C.Cl. The summed E-state index contributed by atoms with van der Waals surface area (Å²) in [6.07, 6.45) is 9.06. The van der Waals surface area contributed by atoms with E-state index in [1.54, 1.807) is 9.13 Å². The minimum absolute atomic E-state index is 0. The van der Waals surface area contributed by atoms with Crippen molar-refractivity contribution in [2.45, 2.75) is 39.2 Å². The second-order valence-corrected chi connectivity index (χ2v) is 7.78. The summed E-state index contributed by atoms with van der Waals surface area (Å²) in [6.45, 7) is 6.72. The highest BCUT2D eigenvalue weighted by Gasteiger charge is 2.15. The van der Waals surface area contributed by atoms with Crippen LogP contribution in [-0.2, 0) is 20.6 Å². The van der Waals surface area contributed by atoms with Gasteiger partial charge in [-0.15, -0.1) is 12.4 Å². The predicted molar refractivity (Wildman–Crippen MR) is 116 cm³/mol. The van der Waals surface area contributed by atoms with Gasteiger partial charge in [0, 0.05) is 26.2 Å². The van der Waals surface area contributed by atoms with Crippen molar-refractivity contribution in [2.75, 3.05) is 19.6 Å². The number of hydrogen-bond donors (Lipinski definition) is 0. The Hall–Kier alpha value is -2.05. The molecular weight excluding hydrogens is 374 g/mol. The Morgan fingerprint density at radius 3 is 2.39 bits per heavy atom. The zero-order valence-electron chi connectivity index (χ0n) is 17.0. The third-order valence-corrected chi connectivity index (χ3v) is 5.93. The lowest BCUT2D eigenvalue weighted by Gasteiger charge is -2.26. The molecule has 3 aromatic rings. The van der Waals surface area contributed by atoms with Crippen molar-refractivity contribution in [1.82, 2.24) is 23.6 Å². The summed E-state index contributed by atoms with van der Waals surface area (Å²) in [5.74, 6) is 0. The average molecular weight is 404 g/mol. The van der Waals surface area contributed by atoms with Crippen molar-refractivity contribution in [3.8, 4) is 11.3 Å². The van der Waals surface area contributed by atoms with Crippen molar-refractivity contribution < 1.29 is 0 Å². The van der Waals surface area contributed by atoms with Gasteiger partial charge in [0.15, 0.2) is 0 Å². The van der Waals surface area contributed by atoms with Crippen LogP contribution in [0.4, 0.5) is 0 Å². The van der Waals surface area contributed by atoms with Gasteiger partial charge >= 0.3 is 5.69 Å². The predicted octanol–water partition coefficient (Wildman–Crippen LogP) is 3.35. The smallest absolute Gasteiger partial charge is 0.328 e. The monoisotopic (exact) mass is 403 g/mol. The minimum Gasteiger partial charge on any atom is -0.331 e. The van der Waals surface area contributed by atoms with E-state index in [1.807, 2.05) is 26.6 Å². The number of aromatic nitrogens is 4. The zero-order valence-corrected chi connectivity index (χ0v) is 17.8. The maximum Gasteiger partial charge on any atom is 0.328 e. The Bertz CT molecular complexity index is 1010. The number of aryl methyl sites for hydroxylation is 4. The second-order valence-electron chi connectivity index (χ2n) is 7.78. The van der Waals surface area contributed by atoms with Crippen LogP contribution in [-0.4, -0.2) is 43.2 Å². The number of piperidine rings is 1. The highest BCUT2D eigenvalue weighted by atomic mass is 35.5. The molecule has 0 spiro atoms. The normalized spacial score (nSPS) is 15.1. The van der Waals surface area contributed by atoms with E-state index in [4.69, 9.17) is 0 Å². The Morgan fingerprint density at radius 1 is 1.00 bits per heavy atom. The summed E-state index contributed by atoms with van der Waals surface area (Å²) in [6, 6.07) is 4.24. The summed E-state index contributed by atoms with van der Waals surface area (Å²) >= 11 is 0. The second kappa shape index (κ2) is 8.53. The van der Waals surface area contributed by atoms with Crippen LogP contribution in [0.25, 0.3) is 22.3 Å². The molecule has 1 saturated heterocycles. The fourth-order valence-electron chi connectivity index (χ4n) is 4.30.